The zero-order chi connectivity index (χ0) is 25.3. The monoisotopic (exact) mass is 471 g/mol. The van der Waals surface area contributed by atoms with E-state index >= 15 is 0 Å². The van der Waals surface area contributed by atoms with E-state index < -0.39 is 29.8 Å². The second kappa shape index (κ2) is 12.2. The van der Waals surface area contributed by atoms with E-state index in [0.29, 0.717) is 0 Å². The van der Waals surface area contributed by atoms with Crippen LogP contribution in [0.15, 0.2) is 97.1 Å². The van der Waals surface area contributed by atoms with Crippen LogP contribution in [0.1, 0.15) is 56.0 Å². The molecule has 182 valence electrons. The molecular formula is C30H33NO4. The molecule has 0 aliphatic heterocycles. The minimum Gasteiger partial charge on any atom is -0.458 e. The Balaban J connectivity index is 1.87. The fourth-order valence-electron chi connectivity index (χ4n) is 3.73. The van der Waals surface area contributed by atoms with Gasteiger partial charge in [-0.2, -0.15) is 0 Å². The van der Waals surface area contributed by atoms with Crippen LogP contribution in [0.4, 0.5) is 0 Å². The van der Waals surface area contributed by atoms with Crippen LogP contribution in [-0.4, -0.2) is 28.6 Å². The lowest BCUT2D eigenvalue weighted by Gasteiger charge is -2.30. The van der Waals surface area contributed by atoms with Crippen molar-refractivity contribution in [3.8, 4) is 0 Å². The highest BCUT2D eigenvalue weighted by molar-refractivity contribution is 5.94. The number of aliphatic hydroxyl groups is 1. The summed E-state index contributed by atoms with van der Waals surface area (Å²) in [6, 6.07) is 27.2. The largest absolute Gasteiger partial charge is 0.458 e. The Labute approximate surface area is 207 Å². The van der Waals surface area contributed by atoms with Crippen molar-refractivity contribution in [1.82, 2.24) is 5.32 Å². The van der Waals surface area contributed by atoms with Gasteiger partial charge in [-0.05, 0) is 43.5 Å². The summed E-state index contributed by atoms with van der Waals surface area (Å²) in [5.74, 6) is -0.797. The van der Waals surface area contributed by atoms with Crippen molar-refractivity contribution in [1.29, 1.82) is 0 Å². The molecule has 0 saturated heterocycles. The Morgan fingerprint density at radius 2 is 1.37 bits per heavy atom. The zero-order valence-electron chi connectivity index (χ0n) is 20.4. The van der Waals surface area contributed by atoms with E-state index in [-0.39, 0.29) is 12.2 Å². The quantitative estimate of drug-likeness (QED) is 0.304. The molecule has 0 aliphatic rings. The summed E-state index contributed by atoms with van der Waals surface area (Å²) in [5, 5.41) is 14.4. The highest BCUT2D eigenvalue weighted by Gasteiger charge is 2.33. The number of allylic oxidation sites excluding steroid dienone is 1. The van der Waals surface area contributed by atoms with Crippen molar-refractivity contribution in [2.24, 2.45) is 0 Å². The smallest absolute Gasteiger partial charge is 0.337 e. The number of aliphatic hydroxyl groups excluding tert-OH is 1. The van der Waals surface area contributed by atoms with Crippen molar-refractivity contribution in [2.75, 3.05) is 0 Å². The first kappa shape index (κ1) is 26.1. The first-order chi connectivity index (χ1) is 16.7. The summed E-state index contributed by atoms with van der Waals surface area (Å²) in [6.07, 6.45) is 2.04. The van der Waals surface area contributed by atoms with Crippen molar-refractivity contribution in [3.63, 3.8) is 0 Å². The molecule has 2 N–H and O–H groups in total. The lowest BCUT2D eigenvalue weighted by molar-refractivity contribution is -0.167. The van der Waals surface area contributed by atoms with Gasteiger partial charge in [0.25, 0.3) is 0 Å². The predicted molar refractivity (Wildman–Crippen MR) is 138 cm³/mol. The van der Waals surface area contributed by atoms with Gasteiger partial charge < -0.3 is 9.84 Å². The molecule has 0 saturated carbocycles. The van der Waals surface area contributed by atoms with Gasteiger partial charge in [-0.15, -0.1) is 0 Å². The molecule has 3 aromatic carbocycles. The maximum atomic E-state index is 12.9. The molecule has 35 heavy (non-hydrogen) atoms. The Kier molecular flexibility index (Phi) is 9.12. The molecule has 0 bridgehead atoms. The van der Waals surface area contributed by atoms with Crippen LogP contribution < -0.4 is 5.32 Å². The van der Waals surface area contributed by atoms with Crippen LogP contribution in [-0.2, 0) is 14.3 Å². The van der Waals surface area contributed by atoms with Gasteiger partial charge in [0.05, 0.1) is 6.04 Å². The third-order valence-corrected chi connectivity index (χ3v) is 5.37. The number of ether oxygens (including phenoxy) is 1. The van der Waals surface area contributed by atoms with Gasteiger partial charge in [-0.3, -0.25) is 10.1 Å². The van der Waals surface area contributed by atoms with Gasteiger partial charge in [0.1, 0.15) is 5.60 Å². The van der Waals surface area contributed by atoms with Crippen molar-refractivity contribution >= 4 is 17.8 Å². The van der Waals surface area contributed by atoms with E-state index in [1.165, 1.54) is 0 Å². The second-order valence-corrected chi connectivity index (χ2v) is 9.41. The van der Waals surface area contributed by atoms with E-state index in [4.69, 9.17) is 4.74 Å². The SMILES string of the molecule is CC(C)(C)OC(=O)C(O)C(NC(CC(=O)/C=C/c1ccccc1)c1ccccc1)c1ccccc1. The summed E-state index contributed by atoms with van der Waals surface area (Å²) in [5.41, 5.74) is 1.80. The highest BCUT2D eigenvalue weighted by Crippen LogP contribution is 2.27. The summed E-state index contributed by atoms with van der Waals surface area (Å²) in [7, 11) is 0. The number of benzene rings is 3. The van der Waals surface area contributed by atoms with Crippen LogP contribution in [0.2, 0.25) is 0 Å². The van der Waals surface area contributed by atoms with Crippen molar-refractivity contribution < 1.29 is 19.4 Å². The standard InChI is InChI=1S/C30H33NO4/c1-30(2,3)35-29(34)28(33)27(24-17-11-6-12-18-24)31-26(23-15-9-5-10-16-23)21-25(32)20-19-22-13-7-4-8-14-22/h4-20,26-28,31,33H,21H2,1-3H3/b20-19+. The Morgan fingerprint density at radius 1 is 0.857 bits per heavy atom. The van der Waals surface area contributed by atoms with Gasteiger partial charge in [0.15, 0.2) is 11.9 Å². The number of rotatable bonds is 10. The molecule has 0 spiro atoms. The average Bonchev–Trinajstić information content (AvgIpc) is 2.85. The lowest BCUT2D eigenvalue weighted by atomic mass is 9.95. The number of nitrogens with one attached hydrogen (secondary N) is 1. The molecule has 0 aliphatic carbocycles. The molecule has 3 aromatic rings. The third-order valence-electron chi connectivity index (χ3n) is 5.37. The average molecular weight is 472 g/mol. The lowest BCUT2D eigenvalue weighted by Crippen LogP contribution is -2.42. The predicted octanol–water partition coefficient (Wildman–Crippen LogP) is 5.43. The van der Waals surface area contributed by atoms with E-state index in [0.717, 1.165) is 16.7 Å². The topological polar surface area (TPSA) is 75.6 Å². The van der Waals surface area contributed by atoms with E-state index in [9.17, 15) is 14.7 Å². The van der Waals surface area contributed by atoms with Crippen molar-refractivity contribution in [2.45, 2.75) is 51.0 Å². The molecule has 5 heteroatoms. The number of ketones is 1. The fourth-order valence-corrected chi connectivity index (χ4v) is 3.73. The highest BCUT2D eigenvalue weighted by atomic mass is 16.6. The summed E-state index contributed by atoms with van der Waals surface area (Å²) in [6.45, 7) is 5.27. The third kappa shape index (κ3) is 8.32. The summed E-state index contributed by atoms with van der Waals surface area (Å²) >= 11 is 0. The van der Waals surface area contributed by atoms with Crippen LogP contribution in [0.5, 0.6) is 0 Å². The first-order valence-electron chi connectivity index (χ1n) is 11.8. The van der Waals surface area contributed by atoms with E-state index in [1.54, 1.807) is 32.9 Å². The fraction of sp³-hybridized carbons (Fsp3) is 0.267. The number of hydrogen-bond acceptors (Lipinski definition) is 5. The number of esters is 1. The summed E-state index contributed by atoms with van der Waals surface area (Å²) in [4.78, 5) is 25.7. The summed E-state index contributed by atoms with van der Waals surface area (Å²) < 4.78 is 5.45. The number of carbonyl (C=O) groups excluding carboxylic acids is 2. The Bertz CT molecular complexity index is 1110. The molecular weight excluding hydrogens is 438 g/mol. The minimum absolute atomic E-state index is 0.0752. The molecule has 0 heterocycles. The molecule has 3 rings (SSSR count). The van der Waals surface area contributed by atoms with Gasteiger partial charge in [0, 0.05) is 12.5 Å². The molecule has 0 amide bonds. The molecule has 3 unspecified atom stereocenters. The normalized spacial score (nSPS) is 14.3. The maximum Gasteiger partial charge on any atom is 0.337 e. The first-order valence-corrected chi connectivity index (χ1v) is 11.8. The van der Waals surface area contributed by atoms with Gasteiger partial charge in [-0.25, -0.2) is 4.79 Å². The minimum atomic E-state index is -1.46. The maximum absolute atomic E-state index is 12.9. The zero-order valence-corrected chi connectivity index (χ0v) is 20.4. The van der Waals surface area contributed by atoms with Crippen LogP contribution >= 0.6 is 0 Å². The van der Waals surface area contributed by atoms with E-state index in [2.05, 4.69) is 5.32 Å². The second-order valence-electron chi connectivity index (χ2n) is 9.41. The Hall–Kier alpha value is -3.54. The van der Waals surface area contributed by atoms with Gasteiger partial charge in [-0.1, -0.05) is 97.1 Å². The molecule has 0 aromatic heterocycles. The Morgan fingerprint density at radius 3 is 1.91 bits per heavy atom. The molecule has 5 nitrogen and oxygen atoms in total. The molecule has 3 atom stereocenters. The number of carbonyl (C=O) groups is 2. The molecule has 0 fully saturated rings. The molecule has 0 radical (unpaired) electrons. The van der Waals surface area contributed by atoms with Crippen LogP contribution in [0, 0.1) is 0 Å². The van der Waals surface area contributed by atoms with Crippen LogP contribution in [0.3, 0.4) is 0 Å². The van der Waals surface area contributed by atoms with Gasteiger partial charge in [0.2, 0.25) is 0 Å². The van der Waals surface area contributed by atoms with Gasteiger partial charge >= 0.3 is 5.97 Å². The van der Waals surface area contributed by atoms with Crippen LogP contribution in [0.25, 0.3) is 6.08 Å². The number of hydrogen-bond donors (Lipinski definition) is 2. The van der Waals surface area contributed by atoms with E-state index in [1.807, 2.05) is 91.0 Å². The van der Waals surface area contributed by atoms with Crippen molar-refractivity contribution in [3.05, 3.63) is 114 Å².